The molecule has 0 saturated carbocycles. The van der Waals surface area contributed by atoms with Gasteiger partial charge in [-0.05, 0) is 44.0 Å². The molecule has 0 heterocycles. The van der Waals surface area contributed by atoms with Crippen LogP contribution in [-0.4, -0.2) is 44.1 Å². The molecule has 0 radical (unpaired) electrons. The molecule has 0 fully saturated rings. The minimum Gasteiger partial charge on any atom is -0.478 e. The summed E-state index contributed by atoms with van der Waals surface area (Å²) >= 11 is 0. The fourth-order valence-corrected chi connectivity index (χ4v) is 2.03. The Kier molecular flexibility index (Phi) is 12.7. The highest BCUT2D eigenvalue weighted by Crippen LogP contribution is 2.11. The third-order valence-corrected chi connectivity index (χ3v) is 3.45. The third-order valence-electron chi connectivity index (χ3n) is 3.45. The molecule has 4 N–H and O–H groups in total. The summed E-state index contributed by atoms with van der Waals surface area (Å²) in [5.41, 5.74) is 0.502. The van der Waals surface area contributed by atoms with E-state index < -0.39 is 17.5 Å². The number of aliphatic carboxylic acids is 1. The van der Waals surface area contributed by atoms with E-state index in [1.807, 2.05) is 37.3 Å². The lowest BCUT2D eigenvalue weighted by Gasteiger charge is -2.19. The van der Waals surface area contributed by atoms with Crippen LogP contribution in [0.4, 0.5) is 0 Å². The third kappa shape index (κ3) is 15.8. The normalized spacial score (nSPS) is 11.5. The summed E-state index contributed by atoms with van der Waals surface area (Å²) in [7, 11) is 0. The molecule has 29 heavy (non-hydrogen) atoms. The van der Waals surface area contributed by atoms with Crippen molar-refractivity contribution in [3.8, 4) is 0 Å². The van der Waals surface area contributed by atoms with Crippen molar-refractivity contribution in [2.75, 3.05) is 0 Å². The van der Waals surface area contributed by atoms with Gasteiger partial charge in [0, 0.05) is 12.5 Å². The van der Waals surface area contributed by atoms with E-state index in [0.29, 0.717) is 18.4 Å². The van der Waals surface area contributed by atoms with Crippen LogP contribution < -0.4 is 0 Å². The van der Waals surface area contributed by atoms with Gasteiger partial charge < -0.3 is 20.4 Å². The summed E-state index contributed by atoms with van der Waals surface area (Å²) in [6.45, 7) is 5.30. The van der Waals surface area contributed by atoms with Gasteiger partial charge in [-0.1, -0.05) is 55.5 Å². The van der Waals surface area contributed by atoms with E-state index in [1.54, 1.807) is 50.3 Å². The van der Waals surface area contributed by atoms with E-state index in [0.717, 1.165) is 11.6 Å². The maximum absolute atomic E-state index is 10.2. The molecule has 1 atom stereocenters. The van der Waals surface area contributed by atoms with Crippen LogP contribution in [0.2, 0.25) is 0 Å². The smallest absolute Gasteiger partial charge is 0.335 e. The van der Waals surface area contributed by atoms with Crippen LogP contribution in [0.1, 0.15) is 49.5 Å². The number of hydrogen-bond donors (Lipinski definition) is 4. The number of carbonyl (C=O) groups is 2. The van der Waals surface area contributed by atoms with Crippen molar-refractivity contribution >= 4 is 18.0 Å². The zero-order valence-electron chi connectivity index (χ0n) is 17.0. The van der Waals surface area contributed by atoms with Crippen molar-refractivity contribution in [1.29, 1.82) is 0 Å². The second kappa shape index (κ2) is 14.1. The molecule has 6 heteroatoms. The summed E-state index contributed by atoms with van der Waals surface area (Å²) < 4.78 is 0. The van der Waals surface area contributed by atoms with Gasteiger partial charge in [0.1, 0.15) is 0 Å². The molecule has 158 valence electrons. The van der Waals surface area contributed by atoms with E-state index in [9.17, 15) is 9.59 Å². The summed E-state index contributed by atoms with van der Waals surface area (Å²) in [4.78, 5) is 20.3. The maximum atomic E-state index is 10.2. The second-order valence-corrected chi connectivity index (χ2v) is 6.83. The molecular weight excluding hydrogens is 372 g/mol. The highest BCUT2D eigenvalue weighted by atomic mass is 16.4. The van der Waals surface area contributed by atoms with Gasteiger partial charge in [-0.25, -0.2) is 9.59 Å². The summed E-state index contributed by atoms with van der Waals surface area (Å²) in [6, 6.07) is 17.6. The van der Waals surface area contributed by atoms with E-state index in [4.69, 9.17) is 20.4 Å². The van der Waals surface area contributed by atoms with Gasteiger partial charge in [-0.15, -0.1) is 0 Å². The van der Waals surface area contributed by atoms with Crippen molar-refractivity contribution in [2.45, 2.75) is 45.3 Å². The zero-order chi connectivity index (χ0) is 22.3. The quantitative estimate of drug-likeness (QED) is 0.541. The predicted octanol–water partition coefficient (Wildman–Crippen LogP) is 4.09. The molecule has 2 rings (SSSR count). The van der Waals surface area contributed by atoms with Crippen molar-refractivity contribution in [2.24, 2.45) is 0 Å². The van der Waals surface area contributed by atoms with Gasteiger partial charge >= 0.3 is 11.9 Å². The number of aliphatic hydroxyl groups is 2. The average molecular weight is 402 g/mol. The SMILES string of the molecule is CCC(O)CC(C)(C)O.O=C(O)C=Cc1ccccc1.O=C(O)c1ccccc1. The maximum Gasteiger partial charge on any atom is 0.335 e. The van der Waals surface area contributed by atoms with Crippen LogP contribution in [0.15, 0.2) is 66.7 Å². The van der Waals surface area contributed by atoms with Crippen LogP contribution in [0, 0.1) is 0 Å². The number of carboxylic acid groups (broad SMARTS) is 2. The van der Waals surface area contributed by atoms with E-state index >= 15 is 0 Å². The largest absolute Gasteiger partial charge is 0.478 e. The minimum atomic E-state index is -0.922. The summed E-state index contributed by atoms with van der Waals surface area (Å²) in [5.74, 6) is -1.80. The molecule has 2 aromatic rings. The number of benzene rings is 2. The van der Waals surface area contributed by atoms with E-state index in [-0.39, 0.29) is 6.10 Å². The molecule has 0 aromatic heterocycles. The number of aromatic carboxylic acids is 1. The van der Waals surface area contributed by atoms with Gasteiger partial charge in [-0.3, -0.25) is 0 Å². The highest BCUT2D eigenvalue weighted by Gasteiger charge is 2.16. The molecule has 0 bridgehead atoms. The second-order valence-electron chi connectivity index (χ2n) is 6.83. The standard InChI is InChI=1S/C9H8O2.C7H6O2.C7H16O2/c10-9(11)7-6-8-4-2-1-3-5-8;8-7(9)6-4-2-1-3-5-6;1-4-6(8)5-7(2,3)9/h1-7H,(H,10,11);1-5H,(H,8,9);6,8-9H,4-5H2,1-3H3. The van der Waals surface area contributed by atoms with E-state index in [1.165, 1.54) is 0 Å². The Balaban J connectivity index is 0.000000409. The Morgan fingerprint density at radius 2 is 1.45 bits per heavy atom. The topological polar surface area (TPSA) is 115 Å². The first-order chi connectivity index (χ1) is 13.5. The first-order valence-corrected chi connectivity index (χ1v) is 9.20. The predicted molar refractivity (Wildman–Crippen MR) is 114 cm³/mol. The summed E-state index contributed by atoms with van der Waals surface area (Å²) in [5, 5.41) is 34.9. The summed E-state index contributed by atoms with van der Waals surface area (Å²) in [6.07, 6.45) is 3.50. The Hall–Kier alpha value is -2.96. The fraction of sp³-hybridized carbons (Fsp3) is 0.304. The van der Waals surface area contributed by atoms with Gasteiger partial charge in [0.2, 0.25) is 0 Å². The first kappa shape index (κ1) is 26.0. The zero-order valence-corrected chi connectivity index (χ0v) is 17.0. The van der Waals surface area contributed by atoms with Gasteiger partial charge in [-0.2, -0.15) is 0 Å². The fourth-order valence-electron chi connectivity index (χ4n) is 2.03. The molecule has 0 aliphatic heterocycles. The van der Waals surface area contributed by atoms with Crippen LogP contribution in [0.3, 0.4) is 0 Å². The van der Waals surface area contributed by atoms with Crippen LogP contribution in [0.25, 0.3) is 6.08 Å². The monoisotopic (exact) mass is 402 g/mol. The van der Waals surface area contributed by atoms with Gasteiger partial charge in [0.15, 0.2) is 0 Å². The average Bonchev–Trinajstić information content (AvgIpc) is 2.67. The lowest BCUT2D eigenvalue weighted by molar-refractivity contribution is -0.131. The number of rotatable bonds is 6. The Labute approximate surface area is 171 Å². The number of aliphatic hydroxyl groups excluding tert-OH is 1. The molecule has 0 aliphatic carbocycles. The first-order valence-electron chi connectivity index (χ1n) is 9.20. The van der Waals surface area contributed by atoms with Crippen molar-refractivity contribution in [3.05, 3.63) is 77.9 Å². The molecule has 0 saturated heterocycles. The molecule has 0 amide bonds. The number of hydrogen-bond acceptors (Lipinski definition) is 4. The highest BCUT2D eigenvalue weighted by molar-refractivity contribution is 5.87. The lowest BCUT2D eigenvalue weighted by Crippen LogP contribution is -2.25. The van der Waals surface area contributed by atoms with Gasteiger partial charge in [0.05, 0.1) is 17.3 Å². The molecular formula is C23H30O6. The Bertz CT molecular complexity index is 733. The molecule has 6 nitrogen and oxygen atoms in total. The van der Waals surface area contributed by atoms with Crippen LogP contribution >= 0.6 is 0 Å². The Morgan fingerprint density at radius 3 is 1.76 bits per heavy atom. The van der Waals surface area contributed by atoms with Crippen molar-refractivity contribution in [1.82, 2.24) is 0 Å². The van der Waals surface area contributed by atoms with Crippen LogP contribution in [0.5, 0.6) is 0 Å². The lowest BCUT2D eigenvalue weighted by atomic mass is 10.00. The van der Waals surface area contributed by atoms with Crippen molar-refractivity contribution in [3.63, 3.8) is 0 Å². The van der Waals surface area contributed by atoms with Gasteiger partial charge in [0.25, 0.3) is 0 Å². The molecule has 0 aliphatic rings. The number of carboxylic acids is 2. The van der Waals surface area contributed by atoms with E-state index in [2.05, 4.69) is 0 Å². The molecule has 1 unspecified atom stereocenters. The minimum absolute atomic E-state index is 0.331. The van der Waals surface area contributed by atoms with Crippen molar-refractivity contribution < 1.29 is 30.0 Å². The Morgan fingerprint density at radius 1 is 0.966 bits per heavy atom. The molecule has 2 aromatic carbocycles. The van der Waals surface area contributed by atoms with Crippen LogP contribution in [-0.2, 0) is 4.79 Å². The molecule has 0 spiro atoms.